The van der Waals surface area contributed by atoms with Gasteiger partial charge in [-0.15, -0.1) is 0 Å². The molecule has 0 spiro atoms. The van der Waals surface area contributed by atoms with Gasteiger partial charge in [0.2, 0.25) is 0 Å². The van der Waals surface area contributed by atoms with Crippen molar-refractivity contribution in [3.8, 4) is 0 Å². The summed E-state index contributed by atoms with van der Waals surface area (Å²) < 4.78 is 0. The third kappa shape index (κ3) is 1.30. The molecule has 0 saturated carbocycles. The Morgan fingerprint density at radius 1 is 1.54 bits per heavy atom. The number of Topliss-reactive ketones (excluding diaryl/α,β-unsaturated/α-hetero) is 1. The SMILES string of the molecule is CC(=O)c1cc2c(nc1N)CCC2. The summed E-state index contributed by atoms with van der Waals surface area (Å²) in [6.45, 7) is 1.52. The van der Waals surface area contributed by atoms with Gasteiger partial charge in [-0.25, -0.2) is 4.98 Å². The van der Waals surface area contributed by atoms with Gasteiger partial charge in [-0.2, -0.15) is 0 Å². The fraction of sp³-hybridized carbons (Fsp3) is 0.400. The van der Waals surface area contributed by atoms with Gasteiger partial charge < -0.3 is 5.73 Å². The standard InChI is InChI=1S/C10H12N2O/c1-6(13)8-5-7-3-2-4-9(7)12-10(8)11/h5H,2-4H2,1H3,(H2,11,12). The van der Waals surface area contributed by atoms with Gasteiger partial charge in [0.05, 0.1) is 5.56 Å². The molecule has 0 radical (unpaired) electrons. The predicted octanol–water partition coefficient (Wildman–Crippen LogP) is 1.36. The van der Waals surface area contributed by atoms with Gasteiger partial charge >= 0.3 is 0 Å². The highest BCUT2D eigenvalue weighted by Crippen LogP contribution is 2.23. The molecule has 1 aliphatic rings. The molecule has 0 bridgehead atoms. The van der Waals surface area contributed by atoms with Crippen molar-refractivity contribution in [2.45, 2.75) is 26.2 Å². The molecule has 2 N–H and O–H groups in total. The highest BCUT2D eigenvalue weighted by Gasteiger charge is 2.16. The van der Waals surface area contributed by atoms with Gasteiger partial charge in [0.15, 0.2) is 5.78 Å². The smallest absolute Gasteiger partial charge is 0.163 e. The molecule has 1 aliphatic carbocycles. The van der Waals surface area contributed by atoms with Crippen LogP contribution in [0.4, 0.5) is 5.82 Å². The second kappa shape index (κ2) is 2.83. The zero-order valence-electron chi connectivity index (χ0n) is 7.63. The molecule has 0 aromatic carbocycles. The number of nitrogen functional groups attached to an aromatic ring is 1. The number of anilines is 1. The number of fused-ring (bicyclic) bond motifs is 1. The van der Waals surface area contributed by atoms with Crippen molar-refractivity contribution in [1.82, 2.24) is 4.98 Å². The Morgan fingerprint density at radius 2 is 2.31 bits per heavy atom. The predicted molar refractivity (Wildman–Crippen MR) is 50.7 cm³/mol. The molecule has 0 fully saturated rings. The number of hydrogen-bond acceptors (Lipinski definition) is 3. The van der Waals surface area contributed by atoms with Crippen LogP contribution in [0.15, 0.2) is 6.07 Å². The lowest BCUT2D eigenvalue weighted by molar-refractivity contribution is 0.101. The van der Waals surface area contributed by atoms with Crippen LogP contribution in [0.5, 0.6) is 0 Å². The van der Waals surface area contributed by atoms with Crippen molar-refractivity contribution >= 4 is 11.6 Å². The monoisotopic (exact) mass is 176 g/mol. The molecule has 2 rings (SSSR count). The Kier molecular flexibility index (Phi) is 1.79. The number of pyridine rings is 1. The van der Waals surface area contributed by atoms with E-state index in [0.29, 0.717) is 11.4 Å². The van der Waals surface area contributed by atoms with Crippen LogP contribution < -0.4 is 5.73 Å². The van der Waals surface area contributed by atoms with Crippen molar-refractivity contribution in [2.24, 2.45) is 0 Å². The third-order valence-electron chi connectivity index (χ3n) is 2.46. The van der Waals surface area contributed by atoms with E-state index in [2.05, 4.69) is 4.98 Å². The molecule has 1 aromatic heterocycles. The number of nitrogens with two attached hydrogens (primary N) is 1. The van der Waals surface area contributed by atoms with E-state index < -0.39 is 0 Å². The number of carbonyl (C=O) groups excluding carboxylic acids is 1. The zero-order valence-corrected chi connectivity index (χ0v) is 7.63. The summed E-state index contributed by atoms with van der Waals surface area (Å²) in [5.74, 6) is 0.382. The maximum Gasteiger partial charge on any atom is 0.163 e. The second-order valence-electron chi connectivity index (χ2n) is 3.44. The van der Waals surface area contributed by atoms with Crippen LogP contribution >= 0.6 is 0 Å². The summed E-state index contributed by atoms with van der Waals surface area (Å²) in [6, 6.07) is 1.90. The third-order valence-corrected chi connectivity index (χ3v) is 2.46. The molecule has 13 heavy (non-hydrogen) atoms. The molecule has 1 aromatic rings. The fourth-order valence-corrected chi connectivity index (χ4v) is 1.77. The van der Waals surface area contributed by atoms with Gasteiger partial charge in [-0.05, 0) is 37.8 Å². The fourth-order valence-electron chi connectivity index (χ4n) is 1.77. The number of hydrogen-bond donors (Lipinski definition) is 1. The number of aromatic nitrogens is 1. The van der Waals surface area contributed by atoms with E-state index in [4.69, 9.17) is 5.73 Å². The molecule has 3 nitrogen and oxygen atoms in total. The van der Waals surface area contributed by atoms with E-state index >= 15 is 0 Å². The first-order valence-corrected chi connectivity index (χ1v) is 4.47. The summed E-state index contributed by atoms with van der Waals surface area (Å²) in [7, 11) is 0. The molecule has 0 aliphatic heterocycles. The number of ketones is 1. The normalized spacial score (nSPS) is 14.2. The van der Waals surface area contributed by atoms with Gasteiger partial charge in [0, 0.05) is 5.69 Å². The van der Waals surface area contributed by atoms with Gasteiger partial charge in [0.25, 0.3) is 0 Å². The minimum absolute atomic E-state index is 0.000278. The Hall–Kier alpha value is -1.38. The van der Waals surface area contributed by atoms with E-state index in [9.17, 15) is 4.79 Å². The quantitative estimate of drug-likeness (QED) is 0.657. The minimum atomic E-state index is -0.000278. The first kappa shape index (κ1) is 8.23. The lowest BCUT2D eigenvalue weighted by Crippen LogP contribution is -2.05. The summed E-state index contributed by atoms with van der Waals surface area (Å²) in [5, 5.41) is 0. The van der Waals surface area contributed by atoms with Crippen molar-refractivity contribution in [2.75, 3.05) is 5.73 Å². The molecule has 0 atom stereocenters. The summed E-state index contributed by atoms with van der Waals surface area (Å²) in [4.78, 5) is 15.4. The Morgan fingerprint density at radius 3 is 3.00 bits per heavy atom. The van der Waals surface area contributed by atoms with E-state index in [1.165, 1.54) is 12.5 Å². The molecule has 0 saturated heterocycles. The average molecular weight is 176 g/mol. The van der Waals surface area contributed by atoms with Crippen LogP contribution in [0.2, 0.25) is 0 Å². The molecule has 0 amide bonds. The van der Waals surface area contributed by atoms with Gasteiger partial charge in [0.1, 0.15) is 5.82 Å². The maximum absolute atomic E-state index is 11.1. The molecular weight excluding hydrogens is 164 g/mol. The van der Waals surface area contributed by atoms with Crippen LogP contribution in [-0.4, -0.2) is 10.8 Å². The summed E-state index contributed by atoms with van der Waals surface area (Å²) >= 11 is 0. The number of carbonyl (C=O) groups is 1. The van der Waals surface area contributed by atoms with Crippen molar-refractivity contribution in [3.63, 3.8) is 0 Å². The first-order chi connectivity index (χ1) is 6.18. The molecular formula is C10H12N2O. The largest absolute Gasteiger partial charge is 0.383 e. The molecule has 1 heterocycles. The zero-order chi connectivity index (χ0) is 9.42. The van der Waals surface area contributed by atoms with Crippen LogP contribution in [0.25, 0.3) is 0 Å². The minimum Gasteiger partial charge on any atom is -0.383 e. The average Bonchev–Trinajstić information content (AvgIpc) is 2.48. The molecule has 68 valence electrons. The maximum atomic E-state index is 11.1. The van der Waals surface area contributed by atoms with E-state index in [1.54, 1.807) is 0 Å². The van der Waals surface area contributed by atoms with E-state index in [1.807, 2.05) is 6.07 Å². The highest BCUT2D eigenvalue weighted by molar-refractivity contribution is 5.98. The van der Waals surface area contributed by atoms with Crippen molar-refractivity contribution in [3.05, 3.63) is 22.9 Å². The van der Waals surface area contributed by atoms with Crippen LogP contribution in [0.1, 0.15) is 35.0 Å². The Bertz CT molecular complexity index is 371. The molecule has 3 heteroatoms. The van der Waals surface area contributed by atoms with E-state index in [0.717, 1.165) is 25.0 Å². The number of rotatable bonds is 1. The highest BCUT2D eigenvalue weighted by atomic mass is 16.1. The number of aryl methyl sites for hydroxylation is 2. The van der Waals surface area contributed by atoms with Crippen molar-refractivity contribution < 1.29 is 4.79 Å². The van der Waals surface area contributed by atoms with E-state index in [-0.39, 0.29) is 5.78 Å². The Labute approximate surface area is 77.0 Å². The second-order valence-corrected chi connectivity index (χ2v) is 3.44. The topological polar surface area (TPSA) is 56.0 Å². The summed E-state index contributed by atoms with van der Waals surface area (Å²) in [6.07, 6.45) is 3.16. The van der Waals surface area contributed by atoms with Gasteiger partial charge in [-0.1, -0.05) is 0 Å². The summed E-state index contributed by atoms with van der Waals surface area (Å²) in [5.41, 5.74) is 8.50. The number of nitrogens with zero attached hydrogens (tertiary/aromatic N) is 1. The van der Waals surface area contributed by atoms with Crippen LogP contribution in [-0.2, 0) is 12.8 Å². The first-order valence-electron chi connectivity index (χ1n) is 4.47. The lowest BCUT2D eigenvalue weighted by atomic mass is 10.1. The lowest BCUT2D eigenvalue weighted by Gasteiger charge is -2.04. The van der Waals surface area contributed by atoms with Crippen LogP contribution in [0, 0.1) is 0 Å². The van der Waals surface area contributed by atoms with Gasteiger partial charge in [-0.3, -0.25) is 4.79 Å². The van der Waals surface area contributed by atoms with Crippen LogP contribution in [0.3, 0.4) is 0 Å². The Balaban J connectivity index is 2.55. The molecule has 0 unspecified atom stereocenters. The van der Waals surface area contributed by atoms with Crippen molar-refractivity contribution in [1.29, 1.82) is 0 Å².